The summed E-state index contributed by atoms with van der Waals surface area (Å²) >= 11 is 1.66. The maximum Gasteiger partial charge on any atom is 0.433 e. The molecule has 0 spiro atoms. The molecule has 0 aliphatic rings. The molecule has 0 fully saturated rings. The summed E-state index contributed by atoms with van der Waals surface area (Å²) in [6.45, 7) is 0. The van der Waals surface area contributed by atoms with E-state index in [9.17, 15) is 13.2 Å². The van der Waals surface area contributed by atoms with Crippen molar-refractivity contribution in [3.8, 4) is 11.3 Å². The average Bonchev–Trinajstić information content (AvgIpc) is 2.28. The molecule has 2 aromatic heterocycles. The summed E-state index contributed by atoms with van der Waals surface area (Å²) in [7, 11) is 0. The predicted octanol–water partition coefficient (Wildman–Crippen LogP) is 3.16. The minimum atomic E-state index is -4.47. The molecular formula is C10H5F3IN3. The van der Waals surface area contributed by atoms with Gasteiger partial charge in [-0.05, 0) is 18.2 Å². The summed E-state index contributed by atoms with van der Waals surface area (Å²) in [6, 6.07) is 4.12. The molecule has 0 aromatic carbocycles. The van der Waals surface area contributed by atoms with E-state index in [1.54, 1.807) is 34.7 Å². The Morgan fingerprint density at radius 3 is 2.29 bits per heavy atom. The highest BCUT2D eigenvalue weighted by Gasteiger charge is 2.33. The van der Waals surface area contributed by atoms with E-state index < -0.39 is 11.9 Å². The highest BCUT2D eigenvalue weighted by atomic mass is 127. The van der Waals surface area contributed by atoms with E-state index >= 15 is 0 Å². The van der Waals surface area contributed by atoms with Crippen molar-refractivity contribution in [3.63, 3.8) is 0 Å². The maximum absolute atomic E-state index is 12.6. The second-order valence-electron chi connectivity index (χ2n) is 3.14. The van der Waals surface area contributed by atoms with Crippen molar-refractivity contribution in [2.24, 2.45) is 0 Å². The van der Waals surface area contributed by atoms with Crippen LogP contribution in [0.1, 0.15) is 5.69 Å². The lowest BCUT2D eigenvalue weighted by molar-refractivity contribution is -0.141. The van der Waals surface area contributed by atoms with Crippen molar-refractivity contribution >= 4 is 22.6 Å². The summed E-state index contributed by atoms with van der Waals surface area (Å²) in [6.07, 6.45) is -1.47. The van der Waals surface area contributed by atoms with Gasteiger partial charge in [0.1, 0.15) is 5.69 Å². The molecule has 0 N–H and O–H groups in total. The van der Waals surface area contributed by atoms with E-state index in [2.05, 4.69) is 15.0 Å². The molecule has 3 nitrogen and oxygen atoms in total. The Bertz CT molecular complexity index is 528. The Kier molecular flexibility index (Phi) is 3.27. The summed E-state index contributed by atoms with van der Waals surface area (Å²) in [5.41, 5.74) is -0.131. The predicted molar refractivity (Wildman–Crippen MR) is 63.0 cm³/mol. The van der Waals surface area contributed by atoms with Crippen LogP contribution in [0.3, 0.4) is 0 Å². The number of halogens is 4. The minimum Gasteiger partial charge on any atom is -0.265 e. The first-order valence-corrected chi connectivity index (χ1v) is 5.57. The van der Waals surface area contributed by atoms with Gasteiger partial charge in [-0.25, -0.2) is 9.97 Å². The Balaban J connectivity index is 2.54. The summed E-state index contributed by atoms with van der Waals surface area (Å²) in [4.78, 5) is 11.1. The topological polar surface area (TPSA) is 38.7 Å². The molecule has 0 aliphatic heterocycles. The number of pyridine rings is 1. The Morgan fingerprint density at radius 2 is 1.71 bits per heavy atom. The molecule has 7 heteroatoms. The van der Waals surface area contributed by atoms with Gasteiger partial charge in [-0.15, -0.1) is 0 Å². The fourth-order valence-electron chi connectivity index (χ4n) is 1.23. The third-order valence-electron chi connectivity index (χ3n) is 1.97. The molecule has 0 bridgehead atoms. The van der Waals surface area contributed by atoms with Crippen molar-refractivity contribution in [1.82, 2.24) is 15.0 Å². The zero-order valence-electron chi connectivity index (χ0n) is 8.24. The Morgan fingerprint density at radius 1 is 1.06 bits per heavy atom. The van der Waals surface area contributed by atoms with Gasteiger partial charge in [0.15, 0.2) is 3.83 Å². The summed E-state index contributed by atoms with van der Waals surface area (Å²) < 4.78 is 37.7. The Labute approximate surface area is 108 Å². The van der Waals surface area contributed by atoms with Crippen LogP contribution in [0.15, 0.2) is 30.6 Å². The van der Waals surface area contributed by atoms with Crippen molar-refractivity contribution in [3.05, 3.63) is 40.1 Å². The van der Waals surface area contributed by atoms with Crippen molar-refractivity contribution in [1.29, 1.82) is 0 Å². The zero-order chi connectivity index (χ0) is 12.5. The van der Waals surface area contributed by atoms with Crippen molar-refractivity contribution in [2.75, 3.05) is 0 Å². The fraction of sp³-hybridized carbons (Fsp3) is 0.100. The van der Waals surface area contributed by atoms with Crippen LogP contribution in [-0.4, -0.2) is 15.0 Å². The Hall–Kier alpha value is -1.25. The molecule has 0 saturated carbocycles. The number of aromatic nitrogens is 3. The molecule has 0 amide bonds. The molecule has 2 rings (SSSR count). The van der Waals surface area contributed by atoms with Crippen LogP contribution in [0.5, 0.6) is 0 Å². The third kappa shape index (κ3) is 2.90. The number of hydrogen-bond donors (Lipinski definition) is 0. The van der Waals surface area contributed by atoms with Crippen LogP contribution in [-0.2, 0) is 6.18 Å². The molecule has 2 aromatic rings. The van der Waals surface area contributed by atoms with Gasteiger partial charge in [-0.3, -0.25) is 4.98 Å². The smallest absolute Gasteiger partial charge is 0.265 e. The van der Waals surface area contributed by atoms with Crippen LogP contribution in [0.2, 0.25) is 0 Å². The van der Waals surface area contributed by atoms with E-state index in [1.807, 2.05) is 0 Å². The number of alkyl halides is 3. The number of rotatable bonds is 1. The second-order valence-corrected chi connectivity index (χ2v) is 4.11. The van der Waals surface area contributed by atoms with Gasteiger partial charge in [-0.1, -0.05) is 0 Å². The molecule has 17 heavy (non-hydrogen) atoms. The summed E-state index contributed by atoms with van der Waals surface area (Å²) in [5.74, 6) is 0. The average molecular weight is 351 g/mol. The van der Waals surface area contributed by atoms with Gasteiger partial charge in [0, 0.05) is 40.5 Å². The van der Waals surface area contributed by atoms with Gasteiger partial charge < -0.3 is 0 Å². The monoisotopic (exact) mass is 351 g/mol. The number of hydrogen-bond acceptors (Lipinski definition) is 3. The molecule has 0 unspecified atom stereocenters. The molecule has 2 heterocycles. The summed E-state index contributed by atoms with van der Waals surface area (Å²) in [5, 5.41) is 0. The van der Waals surface area contributed by atoms with E-state index in [0.717, 1.165) is 6.07 Å². The van der Waals surface area contributed by atoms with Crippen LogP contribution in [0.25, 0.3) is 11.3 Å². The zero-order valence-corrected chi connectivity index (χ0v) is 10.4. The molecule has 0 atom stereocenters. The van der Waals surface area contributed by atoms with Gasteiger partial charge in [0.2, 0.25) is 0 Å². The standard InChI is InChI=1S/C10H5F3IN3/c11-10(12,13)8-5-7(16-9(14)17-8)6-1-3-15-4-2-6/h1-5H. The molecule has 0 saturated heterocycles. The minimum absolute atomic E-state index is 0.0595. The third-order valence-corrected chi connectivity index (χ3v) is 2.45. The first-order chi connectivity index (χ1) is 7.97. The maximum atomic E-state index is 12.6. The van der Waals surface area contributed by atoms with E-state index in [0.29, 0.717) is 5.56 Å². The first-order valence-electron chi connectivity index (χ1n) is 4.49. The molecular weight excluding hydrogens is 346 g/mol. The van der Waals surface area contributed by atoms with Gasteiger partial charge >= 0.3 is 6.18 Å². The normalized spacial score (nSPS) is 11.5. The first kappa shape index (κ1) is 12.2. The van der Waals surface area contributed by atoms with Crippen LogP contribution in [0.4, 0.5) is 13.2 Å². The van der Waals surface area contributed by atoms with Gasteiger partial charge in [0.25, 0.3) is 0 Å². The molecule has 0 radical (unpaired) electrons. The number of nitrogens with zero attached hydrogens (tertiary/aromatic N) is 3. The van der Waals surface area contributed by atoms with Crippen LogP contribution < -0.4 is 0 Å². The SMILES string of the molecule is FC(F)(F)c1cc(-c2ccncc2)nc(I)n1. The highest BCUT2D eigenvalue weighted by molar-refractivity contribution is 14.1. The van der Waals surface area contributed by atoms with Gasteiger partial charge in [-0.2, -0.15) is 13.2 Å². The fourth-order valence-corrected chi connectivity index (χ4v) is 1.75. The lowest BCUT2D eigenvalue weighted by atomic mass is 10.2. The van der Waals surface area contributed by atoms with Crippen LogP contribution >= 0.6 is 22.6 Å². The van der Waals surface area contributed by atoms with E-state index in [4.69, 9.17) is 0 Å². The lowest BCUT2D eigenvalue weighted by Gasteiger charge is -2.08. The van der Waals surface area contributed by atoms with Gasteiger partial charge in [0.05, 0.1) is 5.69 Å². The largest absolute Gasteiger partial charge is 0.433 e. The van der Waals surface area contributed by atoms with Crippen LogP contribution in [0, 0.1) is 3.83 Å². The van der Waals surface area contributed by atoms with E-state index in [-0.39, 0.29) is 9.53 Å². The lowest BCUT2D eigenvalue weighted by Crippen LogP contribution is -2.10. The van der Waals surface area contributed by atoms with Crippen molar-refractivity contribution in [2.45, 2.75) is 6.18 Å². The van der Waals surface area contributed by atoms with E-state index in [1.165, 1.54) is 12.4 Å². The van der Waals surface area contributed by atoms with Crippen molar-refractivity contribution < 1.29 is 13.2 Å². The molecule has 88 valence electrons. The molecule has 0 aliphatic carbocycles. The highest BCUT2D eigenvalue weighted by Crippen LogP contribution is 2.30. The quantitative estimate of drug-likeness (QED) is 0.585. The second kappa shape index (κ2) is 4.55.